The molecule has 0 bridgehead atoms. The van der Waals surface area contributed by atoms with Crippen LogP contribution in [-0.4, -0.2) is 16.2 Å². The van der Waals surface area contributed by atoms with Gasteiger partial charge in [-0.15, -0.1) is 0 Å². The fourth-order valence-electron chi connectivity index (χ4n) is 0.524. The van der Waals surface area contributed by atoms with E-state index in [0.29, 0.717) is 5.16 Å². The third kappa shape index (κ3) is 2.11. The van der Waals surface area contributed by atoms with Crippen molar-refractivity contribution in [1.82, 2.24) is 9.97 Å². The van der Waals surface area contributed by atoms with Crippen LogP contribution in [0.15, 0.2) is 11.2 Å². The van der Waals surface area contributed by atoms with E-state index in [-0.39, 0.29) is 5.69 Å². The number of halogens is 2. The Balaban J connectivity index is 2.91. The third-order valence-electron chi connectivity index (χ3n) is 1.00. The number of hydrogen-bond donors (Lipinski definition) is 0. The molecule has 0 aliphatic carbocycles. The van der Waals surface area contributed by atoms with Crippen LogP contribution >= 0.6 is 11.8 Å². The second-order valence-electron chi connectivity index (χ2n) is 1.71. The Hall–Kier alpha value is -0.710. The van der Waals surface area contributed by atoms with E-state index in [4.69, 9.17) is 0 Å². The number of hydrogen-bond acceptors (Lipinski definition) is 3. The van der Waals surface area contributed by atoms with Gasteiger partial charge in [-0.25, -0.2) is 18.7 Å². The van der Waals surface area contributed by atoms with Gasteiger partial charge >= 0.3 is 0 Å². The van der Waals surface area contributed by atoms with E-state index in [1.54, 1.807) is 6.26 Å². The van der Waals surface area contributed by atoms with E-state index in [1.165, 1.54) is 11.8 Å². The Morgan fingerprint density at radius 1 is 1.64 bits per heavy atom. The molecule has 0 aliphatic heterocycles. The minimum absolute atomic E-state index is 0.274. The zero-order valence-corrected chi connectivity index (χ0v) is 6.53. The summed E-state index contributed by atoms with van der Waals surface area (Å²) in [4.78, 5) is 7.20. The zero-order chi connectivity index (χ0) is 8.27. The van der Waals surface area contributed by atoms with Gasteiger partial charge in [0.15, 0.2) is 5.16 Å². The van der Waals surface area contributed by atoms with Crippen molar-refractivity contribution in [2.45, 2.75) is 11.6 Å². The fraction of sp³-hybridized carbons (Fsp3) is 0.333. The van der Waals surface area contributed by atoms with E-state index in [2.05, 4.69) is 16.2 Å². The topological polar surface area (TPSA) is 25.8 Å². The van der Waals surface area contributed by atoms with Gasteiger partial charge in [0.25, 0.3) is 6.43 Å². The lowest BCUT2D eigenvalue weighted by Gasteiger charge is -1.97. The maximum Gasteiger partial charge on any atom is 0.280 e. The Labute approximate surface area is 67.1 Å². The number of rotatable bonds is 2. The Bertz CT molecular complexity index is 242. The average molecular weight is 175 g/mol. The van der Waals surface area contributed by atoms with Crippen molar-refractivity contribution >= 4 is 11.8 Å². The normalized spacial score (nSPS) is 10.5. The molecule has 5 heteroatoms. The molecule has 1 heterocycles. The molecule has 0 aliphatic rings. The standard InChI is InChI=1S/C6H5F2N2S/c1-11-6-9-3-2-4(10-6)5(7)8/h2,5H,1H3. The maximum atomic E-state index is 12.0. The van der Waals surface area contributed by atoms with Crippen LogP contribution in [0.1, 0.15) is 12.1 Å². The molecule has 1 radical (unpaired) electrons. The summed E-state index contributed by atoms with van der Waals surface area (Å²) in [5.41, 5.74) is -0.274. The number of thioether (sulfide) groups is 1. The van der Waals surface area contributed by atoms with Crippen LogP contribution in [0.3, 0.4) is 0 Å². The molecule has 0 aromatic carbocycles. The molecular formula is C6H5F2N2S. The van der Waals surface area contributed by atoms with Gasteiger partial charge in [0.2, 0.25) is 0 Å². The SMILES string of the molecule is CSc1n[c]cc(C(F)F)n1. The van der Waals surface area contributed by atoms with Gasteiger partial charge in [-0.2, -0.15) is 0 Å². The van der Waals surface area contributed by atoms with Crippen LogP contribution in [0.4, 0.5) is 8.78 Å². The van der Waals surface area contributed by atoms with Crippen molar-refractivity contribution in [2.24, 2.45) is 0 Å². The van der Waals surface area contributed by atoms with Crippen molar-refractivity contribution in [2.75, 3.05) is 6.26 Å². The molecule has 2 nitrogen and oxygen atoms in total. The van der Waals surface area contributed by atoms with Gasteiger partial charge in [-0.3, -0.25) is 0 Å². The third-order valence-corrected chi connectivity index (χ3v) is 1.55. The van der Waals surface area contributed by atoms with Crippen LogP contribution in [0.5, 0.6) is 0 Å². The number of alkyl halides is 2. The van der Waals surface area contributed by atoms with Gasteiger partial charge < -0.3 is 0 Å². The first kappa shape index (κ1) is 8.39. The predicted molar refractivity (Wildman–Crippen MR) is 37.6 cm³/mol. The highest BCUT2D eigenvalue weighted by molar-refractivity contribution is 7.98. The number of nitrogens with zero attached hydrogens (tertiary/aromatic N) is 2. The molecule has 1 aromatic heterocycles. The lowest BCUT2D eigenvalue weighted by molar-refractivity contribution is 0.145. The van der Waals surface area contributed by atoms with Gasteiger partial charge in [0.1, 0.15) is 5.69 Å². The van der Waals surface area contributed by atoms with Crippen molar-refractivity contribution in [3.05, 3.63) is 18.0 Å². The van der Waals surface area contributed by atoms with Crippen LogP contribution < -0.4 is 0 Å². The van der Waals surface area contributed by atoms with Gasteiger partial charge in [-0.1, -0.05) is 11.8 Å². The molecule has 0 spiro atoms. The maximum absolute atomic E-state index is 12.0. The minimum Gasteiger partial charge on any atom is -0.222 e. The summed E-state index contributed by atoms with van der Waals surface area (Å²) in [5.74, 6) is 0. The largest absolute Gasteiger partial charge is 0.280 e. The second-order valence-corrected chi connectivity index (χ2v) is 2.48. The monoisotopic (exact) mass is 175 g/mol. The van der Waals surface area contributed by atoms with Crippen molar-refractivity contribution in [3.8, 4) is 0 Å². The molecule has 0 atom stereocenters. The zero-order valence-electron chi connectivity index (χ0n) is 5.71. The van der Waals surface area contributed by atoms with Crippen molar-refractivity contribution in [1.29, 1.82) is 0 Å². The summed E-state index contributed by atoms with van der Waals surface area (Å²) in [5, 5.41) is 0.322. The van der Waals surface area contributed by atoms with Crippen LogP contribution in [0.2, 0.25) is 0 Å². The first-order chi connectivity index (χ1) is 5.24. The highest BCUT2D eigenvalue weighted by Gasteiger charge is 2.08. The summed E-state index contributed by atoms with van der Waals surface area (Å²) in [7, 11) is 0. The molecule has 0 saturated carbocycles. The average Bonchev–Trinajstić information content (AvgIpc) is 2.05. The van der Waals surface area contributed by atoms with Crippen molar-refractivity contribution in [3.63, 3.8) is 0 Å². The van der Waals surface area contributed by atoms with Crippen molar-refractivity contribution < 1.29 is 8.78 Å². The molecule has 0 fully saturated rings. The van der Waals surface area contributed by atoms with E-state index >= 15 is 0 Å². The van der Waals surface area contributed by atoms with Gasteiger partial charge in [-0.05, 0) is 12.3 Å². The lowest BCUT2D eigenvalue weighted by atomic mass is 10.4. The summed E-state index contributed by atoms with van der Waals surface area (Å²) >= 11 is 1.21. The first-order valence-electron chi connectivity index (χ1n) is 2.81. The highest BCUT2D eigenvalue weighted by Crippen LogP contribution is 2.17. The molecule has 1 aromatic rings. The Morgan fingerprint density at radius 2 is 2.36 bits per heavy atom. The van der Waals surface area contributed by atoms with Crippen LogP contribution in [-0.2, 0) is 0 Å². The highest BCUT2D eigenvalue weighted by atomic mass is 32.2. The van der Waals surface area contributed by atoms with E-state index < -0.39 is 6.43 Å². The molecule has 11 heavy (non-hydrogen) atoms. The molecule has 59 valence electrons. The van der Waals surface area contributed by atoms with Crippen LogP contribution in [0, 0.1) is 6.20 Å². The lowest BCUT2D eigenvalue weighted by Crippen LogP contribution is -1.93. The summed E-state index contributed by atoms with van der Waals surface area (Å²) in [6, 6.07) is 1.09. The Morgan fingerprint density at radius 3 is 2.91 bits per heavy atom. The van der Waals surface area contributed by atoms with Crippen LogP contribution in [0.25, 0.3) is 0 Å². The minimum atomic E-state index is -2.54. The Kier molecular flexibility index (Phi) is 2.76. The molecular weight excluding hydrogens is 170 g/mol. The molecule has 1 rings (SSSR count). The molecule has 0 unspecified atom stereocenters. The quantitative estimate of drug-likeness (QED) is 0.507. The second kappa shape index (κ2) is 3.61. The summed E-state index contributed by atoms with van der Waals surface area (Å²) < 4.78 is 23.9. The number of aromatic nitrogens is 2. The summed E-state index contributed by atoms with van der Waals surface area (Å²) in [6.07, 6.45) is 1.53. The predicted octanol–water partition coefficient (Wildman–Crippen LogP) is 1.94. The molecule has 0 amide bonds. The molecule has 0 N–H and O–H groups in total. The fourth-order valence-corrected chi connectivity index (χ4v) is 0.865. The summed E-state index contributed by atoms with van der Waals surface area (Å²) in [6.45, 7) is 0. The van der Waals surface area contributed by atoms with Gasteiger partial charge in [0, 0.05) is 0 Å². The smallest absolute Gasteiger partial charge is 0.222 e. The van der Waals surface area contributed by atoms with Gasteiger partial charge in [0.05, 0.1) is 6.20 Å². The van der Waals surface area contributed by atoms with E-state index in [0.717, 1.165) is 6.07 Å². The van der Waals surface area contributed by atoms with E-state index in [9.17, 15) is 8.78 Å². The molecule has 0 saturated heterocycles. The first-order valence-corrected chi connectivity index (χ1v) is 4.03. The van der Waals surface area contributed by atoms with E-state index in [1.807, 2.05) is 0 Å².